The van der Waals surface area contributed by atoms with Gasteiger partial charge in [0.25, 0.3) is 11.1 Å². The molecule has 0 aliphatic rings. The lowest BCUT2D eigenvalue weighted by Gasteiger charge is -2.05. The lowest BCUT2D eigenvalue weighted by molar-refractivity contribution is 0.464. The number of hydrogen-bond acceptors (Lipinski definition) is 5. The maximum Gasteiger partial charge on any atom is 0.277 e. The van der Waals surface area contributed by atoms with Crippen LogP contribution in [-0.2, 0) is 5.75 Å². The number of para-hydroxylation sites is 1. The van der Waals surface area contributed by atoms with Gasteiger partial charge in [0.05, 0.1) is 11.2 Å². The maximum atomic E-state index is 6.08. The summed E-state index contributed by atoms with van der Waals surface area (Å²) < 4.78 is 6.08. The zero-order chi connectivity index (χ0) is 25.3. The Bertz CT molecular complexity index is 1860. The van der Waals surface area contributed by atoms with Crippen molar-refractivity contribution >= 4 is 33.6 Å². The van der Waals surface area contributed by atoms with Crippen LogP contribution in [0.25, 0.3) is 55.8 Å². The van der Waals surface area contributed by atoms with Gasteiger partial charge in [-0.25, -0.2) is 4.98 Å². The lowest BCUT2D eigenvalue weighted by Crippen LogP contribution is -1.90. The smallest absolute Gasteiger partial charge is 0.277 e. The molecule has 4 aromatic carbocycles. The number of aromatic amines is 1. The second-order valence-electron chi connectivity index (χ2n) is 9.04. The Hall–Kier alpha value is -4.68. The molecule has 0 radical (unpaired) electrons. The molecule has 0 spiro atoms. The summed E-state index contributed by atoms with van der Waals surface area (Å²) in [6.45, 7) is 0. The predicted molar refractivity (Wildman–Crippen MR) is 154 cm³/mol. The molecule has 0 aliphatic carbocycles. The number of nitrogens with zero attached hydrogens (tertiary/aromatic N) is 3. The maximum absolute atomic E-state index is 6.08. The van der Waals surface area contributed by atoms with Crippen LogP contribution >= 0.6 is 11.8 Å². The fourth-order valence-corrected chi connectivity index (χ4v) is 5.42. The van der Waals surface area contributed by atoms with Gasteiger partial charge in [0.1, 0.15) is 5.69 Å². The van der Waals surface area contributed by atoms with E-state index in [1.807, 2.05) is 42.5 Å². The van der Waals surface area contributed by atoms with E-state index >= 15 is 0 Å². The van der Waals surface area contributed by atoms with Gasteiger partial charge in [0.15, 0.2) is 0 Å². The van der Waals surface area contributed by atoms with E-state index in [1.54, 1.807) is 0 Å². The molecule has 0 fully saturated rings. The number of aromatic nitrogens is 4. The zero-order valence-electron chi connectivity index (χ0n) is 20.3. The quantitative estimate of drug-likeness (QED) is 0.228. The van der Waals surface area contributed by atoms with Gasteiger partial charge in [-0.05, 0) is 28.8 Å². The van der Waals surface area contributed by atoms with E-state index < -0.39 is 0 Å². The van der Waals surface area contributed by atoms with E-state index in [1.165, 1.54) is 28.5 Å². The van der Waals surface area contributed by atoms with E-state index in [-0.39, 0.29) is 0 Å². The predicted octanol–water partition coefficient (Wildman–Crippen LogP) is 8.39. The third kappa shape index (κ3) is 4.25. The third-order valence-corrected chi connectivity index (χ3v) is 7.48. The van der Waals surface area contributed by atoms with Gasteiger partial charge in [-0.2, -0.15) is 0 Å². The van der Waals surface area contributed by atoms with Crippen molar-refractivity contribution in [2.45, 2.75) is 11.0 Å². The Balaban J connectivity index is 1.18. The minimum atomic E-state index is 0.413. The van der Waals surface area contributed by atoms with Crippen molar-refractivity contribution < 1.29 is 4.42 Å². The zero-order valence-corrected chi connectivity index (χ0v) is 21.2. The molecule has 7 rings (SSSR count). The number of hydrogen-bond donors (Lipinski definition) is 1. The van der Waals surface area contributed by atoms with Crippen molar-refractivity contribution in [2.24, 2.45) is 0 Å². The molecule has 0 unspecified atom stereocenters. The highest BCUT2D eigenvalue weighted by atomic mass is 32.2. The molecule has 0 aliphatic heterocycles. The molecule has 182 valence electrons. The molecule has 0 saturated heterocycles. The SMILES string of the molecule is c1ccc(-c2ccc(CSc3nnc(-c4cc5c([nH]c6ccccc65)c(-c5ccccc5)n4)o3)cc2)cc1. The van der Waals surface area contributed by atoms with Crippen LogP contribution in [0.5, 0.6) is 0 Å². The number of thioether (sulfide) groups is 1. The lowest BCUT2D eigenvalue weighted by atomic mass is 10.0. The Morgan fingerprint density at radius 1 is 0.658 bits per heavy atom. The highest BCUT2D eigenvalue weighted by Gasteiger charge is 2.18. The molecular weight excluding hydrogens is 488 g/mol. The highest BCUT2D eigenvalue weighted by Crippen LogP contribution is 2.35. The monoisotopic (exact) mass is 510 g/mol. The van der Waals surface area contributed by atoms with Gasteiger partial charge in [-0.15, -0.1) is 10.2 Å². The van der Waals surface area contributed by atoms with Crippen molar-refractivity contribution in [3.63, 3.8) is 0 Å². The molecule has 3 heterocycles. The standard InChI is InChI=1S/C32H22N4OS/c1-3-9-22(10-4-1)23-17-15-21(16-18-23)20-38-32-36-35-31(37-32)28-19-26-25-13-7-8-14-27(25)33-30(26)29(34-28)24-11-5-2-6-12-24/h1-19,33H,20H2. The first-order valence-electron chi connectivity index (χ1n) is 12.4. The Morgan fingerprint density at radius 3 is 2.13 bits per heavy atom. The van der Waals surface area contributed by atoms with E-state index in [9.17, 15) is 0 Å². The first-order chi connectivity index (χ1) is 18.8. The summed E-state index contributed by atoms with van der Waals surface area (Å²) >= 11 is 1.52. The number of H-pyrrole nitrogens is 1. The summed E-state index contributed by atoms with van der Waals surface area (Å²) in [4.78, 5) is 8.52. The van der Waals surface area contributed by atoms with Crippen LogP contribution in [-0.4, -0.2) is 20.2 Å². The van der Waals surface area contributed by atoms with Crippen molar-refractivity contribution in [3.8, 4) is 34.0 Å². The first-order valence-corrected chi connectivity index (χ1v) is 13.4. The van der Waals surface area contributed by atoms with Crippen molar-refractivity contribution in [1.82, 2.24) is 20.2 Å². The highest BCUT2D eigenvalue weighted by molar-refractivity contribution is 7.98. The van der Waals surface area contributed by atoms with Crippen LogP contribution in [0.3, 0.4) is 0 Å². The molecule has 7 aromatic rings. The van der Waals surface area contributed by atoms with Crippen LogP contribution in [0.1, 0.15) is 5.56 Å². The Morgan fingerprint density at radius 2 is 1.34 bits per heavy atom. The van der Waals surface area contributed by atoms with Gasteiger partial charge >= 0.3 is 0 Å². The van der Waals surface area contributed by atoms with Crippen LogP contribution in [0, 0.1) is 0 Å². The average molecular weight is 511 g/mol. The third-order valence-electron chi connectivity index (χ3n) is 6.59. The number of benzene rings is 4. The molecule has 5 nitrogen and oxygen atoms in total. The second kappa shape index (κ2) is 9.65. The molecule has 0 bridgehead atoms. The van der Waals surface area contributed by atoms with Crippen LogP contribution in [0.15, 0.2) is 125 Å². The van der Waals surface area contributed by atoms with Crippen LogP contribution in [0.2, 0.25) is 0 Å². The number of nitrogens with one attached hydrogen (secondary N) is 1. The minimum absolute atomic E-state index is 0.413. The summed E-state index contributed by atoms with van der Waals surface area (Å²) in [5.41, 5.74) is 8.22. The summed E-state index contributed by atoms with van der Waals surface area (Å²) in [7, 11) is 0. The van der Waals surface area contributed by atoms with Gasteiger partial charge in [-0.1, -0.05) is 115 Å². The molecular formula is C32H22N4OS. The van der Waals surface area contributed by atoms with Crippen molar-refractivity contribution in [2.75, 3.05) is 0 Å². The summed E-state index contributed by atoms with van der Waals surface area (Å²) in [6, 6.07) is 39.5. The van der Waals surface area contributed by atoms with Crippen LogP contribution < -0.4 is 0 Å². The second-order valence-corrected chi connectivity index (χ2v) is 9.97. The summed E-state index contributed by atoms with van der Waals surface area (Å²) in [5, 5.41) is 11.4. The molecule has 0 saturated carbocycles. The summed E-state index contributed by atoms with van der Waals surface area (Å²) in [5.74, 6) is 1.15. The van der Waals surface area contributed by atoms with Crippen molar-refractivity contribution in [1.29, 1.82) is 0 Å². The summed E-state index contributed by atoms with van der Waals surface area (Å²) in [6.07, 6.45) is 0. The normalized spacial score (nSPS) is 11.4. The molecule has 0 amide bonds. The average Bonchev–Trinajstić information content (AvgIpc) is 3.62. The molecule has 38 heavy (non-hydrogen) atoms. The van der Waals surface area contributed by atoms with Crippen LogP contribution in [0.4, 0.5) is 0 Å². The van der Waals surface area contributed by atoms with Gasteiger partial charge < -0.3 is 9.40 Å². The topological polar surface area (TPSA) is 67.6 Å². The van der Waals surface area contributed by atoms with Gasteiger partial charge in [0, 0.05) is 27.6 Å². The number of rotatable bonds is 6. The van der Waals surface area contributed by atoms with Gasteiger partial charge in [0.2, 0.25) is 0 Å². The first kappa shape index (κ1) is 22.5. The minimum Gasteiger partial charge on any atom is -0.410 e. The van der Waals surface area contributed by atoms with E-state index in [0.29, 0.717) is 16.8 Å². The molecule has 1 N–H and O–H groups in total. The Kier molecular flexibility index (Phi) is 5.72. The number of fused-ring (bicyclic) bond motifs is 3. The van der Waals surface area contributed by atoms with Crippen molar-refractivity contribution in [3.05, 3.63) is 121 Å². The van der Waals surface area contributed by atoms with E-state index in [2.05, 4.69) is 88.0 Å². The number of pyridine rings is 1. The molecule has 0 atom stereocenters. The van der Waals surface area contributed by atoms with Gasteiger partial charge in [-0.3, -0.25) is 0 Å². The largest absolute Gasteiger partial charge is 0.410 e. The molecule has 6 heteroatoms. The van der Waals surface area contributed by atoms with E-state index in [4.69, 9.17) is 9.40 Å². The fourth-order valence-electron chi connectivity index (χ4n) is 4.70. The van der Waals surface area contributed by atoms with E-state index in [0.717, 1.165) is 38.8 Å². The fraction of sp³-hybridized carbons (Fsp3) is 0.0312. The molecule has 3 aromatic heterocycles. The Labute approximate surface area is 223 Å².